The van der Waals surface area contributed by atoms with E-state index in [4.69, 9.17) is 5.73 Å². The Labute approximate surface area is 116 Å². The molecule has 0 fully saturated rings. The molecule has 0 radical (unpaired) electrons. The second-order valence-corrected chi connectivity index (χ2v) is 5.25. The van der Waals surface area contributed by atoms with Crippen LogP contribution in [0.2, 0.25) is 0 Å². The van der Waals surface area contributed by atoms with Crippen molar-refractivity contribution in [2.45, 2.75) is 50.2 Å². The van der Waals surface area contributed by atoms with Gasteiger partial charge in [0.15, 0.2) is 0 Å². The zero-order valence-electron chi connectivity index (χ0n) is 11.0. The fourth-order valence-corrected chi connectivity index (χ4v) is 2.42. The van der Waals surface area contributed by atoms with Gasteiger partial charge in [0.2, 0.25) is 0 Å². The summed E-state index contributed by atoms with van der Waals surface area (Å²) in [5.41, 5.74) is 5.89. The highest BCUT2D eigenvalue weighted by molar-refractivity contribution is 5.30. The Morgan fingerprint density at radius 1 is 1.35 bits per heavy atom. The van der Waals surface area contributed by atoms with Gasteiger partial charge in [0.05, 0.1) is 5.57 Å². The van der Waals surface area contributed by atoms with E-state index in [9.17, 15) is 18.3 Å². The lowest BCUT2D eigenvalue weighted by Crippen LogP contribution is -2.40. The molecular formula is C14H19F3N2O. The SMILES string of the molecule is NC1CC=C([C@H](O)NC2C=C(C(F)(F)F)C=CC2)CC1. The van der Waals surface area contributed by atoms with Gasteiger partial charge in [-0.3, -0.25) is 5.32 Å². The van der Waals surface area contributed by atoms with E-state index in [0.717, 1.165) is 24.1 Å². The Bertz CT molecular complexity index is 440. The van der Waals surface area contributed by atoms with E-state index in [1.807, 2.05) is 6.08 Å². The maximum absolute atomic E-state index is 12.6. The zero-order valence-corrected chi connectivity index (χ0v) is 11.0. The van der Waals surface area contributed by atoms with Crippen molar-refractivity contribution in [3.63, 3.8) is 0 Å². The molecule has 0 saturated carbocycles. The molecule has 112 valence electrons. The Morgan fingerprint density at radius 2 is 2.10 bits per heavy atom. The molecule has 3 nitrogen and oxygen atoms in total. The second kappa shape index (κ2) is 6.11. The van der Waals surface area contributed by atoms with Crippen LogP contribution in [0.15, 0.2) is 35.5 Å². The fraction of sp³-hybridized carbons (Fsp3) is 0.571. The maximum atomic E-state index is 12.6. The van der Waals surface area contributed by atoms with Gasteiger partial charge in [-0.25, -0.2) is 0 Å². The van der Waals surface area contributed by atoms with Gasteiger partial charge >= 0.3 is 6.18 Å². The quantitative estimate of drug-likeness (QED) is 0.551. The zero-order chi connectivity index (χ0) is 14.8. The monoisotopic (exact) mass is 288 g/mol. The maximum Gasteiger partial charge on any atom is 0.416 e. The van der Waals surface area contributed by atoms with E-state index >= 15 is 0 Å². The molecule has 4 N–H and O–H groups in total. The van der Waals surface area contributed by atoms with Crippen LogP contribution in [0.4, 0.5) is 13.2 Å². The van der Waals surface area contributed by atoms with E-state index in [0.29, 0.717) is 19.3 Å². The minimum Gasteiger partial charge on any atom is -0.375 e. The highest BCUT2D eigenvalue weighted by atomic mass is 19.4. The summed E-state index contributed by atoms with van der Waals surface area (Å²) in [5.74, 6) is 0. The molecule has 0 saturated heterocycles. The molecule has 0 aromatic rings. The molecule has 0 bridgehead atoms. The first-order chi connectivity index (χ1) is 9.36. The van der Waals surface area contributed by atoms with Crippen LogP contribution in [-0.2, 0) is 0 Å². The lowest BCUT2D eigenvalue weighted by molar-refractivity contribution is -0.0888. The molecule has 6 heteroatoms. The fourth-order valence-electron chi connectivity index (χ4n) is 2.42. The Hall–Kier alpha value is -1.11. The average molecular weight is 288 g/mol. The number of hydrogen-bond donors (Lipinski definition) is 3. The highest BCUT2D eigenvalue weighted by Crippen LogP contribution is 2.29. The number of allylic oxidation sites excluding steroid dienone is 2. The molecule has 0 aliphatic heterocycles. The van der Waals surface area contributed by atoms with Crippen LogP contribution in [0.5, 0.6) is 0 Å². The molecule has 3 atom stereocenters. The molecule has 20 heavy (non-hydrogen) atoms. The van der Waals surface area contributed by atoms with Crippen molar-refractivity contribution in [1.82, 2.24) is 5.32 Å². The lowest BCUT2D eigenvalue weighted by atomic mass is 9.94. The number of nitrogens with two attached hydrogens (primary N) is 1. The van der Waals surface area contributed by atoms with Gasteiger partial charge in [0.1, 0.15) is 6.23 Å². The number of alkyl halides is 3. The van der Waals surface area contributed by atoms with E-state index in [1.54, 1.807) is 0 Å². The number of aliphatic hydroxyl groups is 1. The Balaban J connectivity index is 1.97. The van der Waals surface area contributed by atoms with Gasteiger partial charge in [-0.2, -0.15) is 13.2 Å². The van der Waals surface area contributed by atoms with E-state index in [2.05, 4.69) is 5.32 Å². The molecule has 2 rings (SSSR count). The summed E-state index contributed by atoms with van der Waals surface area (Å²) in [6.07, 6.45) is 2.88. The topological polar surface area (TPSA) is 58.3 Å². The molecule has 0 aromatic heterocycles. The smallest absolute Gasteiger partial charge is 0.375 e. The molecule has 0 amide bonds. The summed E-state index contributed by atoms with van der Waals surface area (Å²) in [6.45, 7) is 0. The number of hydrogen-bond acceptors (Lipinski definition) is 3. The number of aliphatic hydroxyl groups excluding tert-OH is 1. The first kappa shape index (κ1) is 15.3. The summed E-state index contributed by atoms with van der Waals surface area (Å²) in [6, 6.07) is -0.400. The third-order valence-corrected chi connectivity index (χ3v) is 3.61. The van der Waals surface area contributed by atoms with Crippen molar-refractivity contribution in [2.75, 3.05) is 0 Å². The first-order valence-corrected chi connectivity index (χ1v) is 6.70. The first-order valence-electron chi connectivity index (χ1n) is 6.70. The Kier molecular flexibility index (Phi) is 4.67. The predicted molar refractivity (Wildman–Crippen MR) is 70.7 cm³/mol. The number of nitrogens with one attached hydrogen (secondary N) is 1. The van der Waals surface area contributed by atoms with Crippen molar-refractivity contribution >= 4 is 0 Å². The van der Waals surface area contributed by atoms with Gasteiger partial charge in [-0.15, -0.1) is 0 Å². The third kappa shape index (κ3) is 3.94. The normalized spacial score (nSPS) is 28.9. The molecule has 2 aliphatic carbocycles. The number of rotatable bonds is 3. The summed E-state index contributed by atoms with van der Waals surface area (Å²) in [7, 11) is 0. The molecule has 2 aliphatic rings. The van der Waals surface area contributed by atoms with Gasteiger partial charge in [-0.05, 0) is 31.3 Å². The van der Waals surface area contributed by atoms with Gasteiger partial charge in [-0.1, -0.05) is 24.3 Å². The summed E-state index contributed by atoms with van der Waals surface area (Å²) >= 11 is 0. The van der Waals surface area contributed by atoms with Crippen molar-refractivity contribution in [3.8, 4) is 0 Å². The van der Waals surface area contributed by atoms with Crippen molar-refractivity contribution in [1.29, 1.82) is 0 Å². The minimum absolute atomic E-state index is 0.111. The second-order valence-electron chi connectivity index (χ2n) is 5.25. The van der Waals surface area contributed by atoms with Crippen LogP contribution in [0.25, 0.3) is 0 Å². The summed E-state index contributed by atoms with van der Waals surface area (Å²) in [4.78, 5) is 0. The largest absolute Gasteiger partial charge is 0.416 e. The van der Waals surface area contributed by atoms with Crippen LogP contribution in [-0.4, -0.2) is 29.6 Å². The lowest BCUT2D eigenvalue weighted by Gasteiger charge is -2.27. The molecule has 2 unspecified atom stereocenters. The average Bonchev–Trinajstić information content (AvgIpc) is 2.38. The predicted octanol–water partition coefficient (Wildman–Crippen LogP) is 2.15. The van der Waals surface area contributed by atoms with Gasteiger partial charge in [0, 0.05) is 12.1 Å². The van der Waals surface area contributed by atoms with Gasteiger partial charge in [0.25, 0.3) is 0 Å². The van der Waals surface area contributed by atoms with Crippen molar-refractivity contribution in [3.05, 3.63) is 35.5 Å². The standard InChI is InChI=1S/C14H19F3N2O/c15-14(16,17)10-2-1-3-12(8-10)19-13(20)9-4-6-11(18)7-5-9/h1-2,4,8,11-13,19-20H,3,5-7,18H2/t11?,12?,13-/m0/s1. The van der Waals surface area contributed by atoms with Crippen molar-refractivity contribution in [2.24, 2.45) is 5.73 Å². The summed E-state index contributed by atoms with van der Waals surface area (Å²) in [5, 5.41) is 12.9. The molecular weight excluding hydrogens is 269 g/mol. The number of halogens is 3. The van der Waals surface area contributed by atoms with Crippen LogP contribution in [0.1, 0.15) is 25.7 Å². The summed E-state index contributed by atoms with van der Waals surface area (Å²) < 4.78 is 37.8. The molecule has 0 spiro atoms. The van der Waals surface area contributed by atoms with Crippen LogP contribution >= 0.6 is 0 Å². The minimum atomic E-state index is -4.35. The Morgan fingerprint density at radius 3 is 2.70 bits per heavy atom. The van der Waals surface area contributed by atoms with Gasteiger partial charge < -0.3 is 10.8 Å². The van der Waals surface area contributed by atoms with E-state index < -0.39 is 24.0 Å². The van der Waals surface area contributed by atoms with E-state index in [-0.39, 0.29) is 6.04 Å². The third-order valence-electron chi connectivity index (χ3n) is 3.61. The molecule has 0 aromatic carbocycles. The van der Waals surface area contributed by atoms with Crippen LogP contribution in [0.3, 0.4) is 0 Å². The van der Waals surface area contributed by atoms with Crippen molar-refractivity contribution < 1.29 is 18.3 Å². The highest BCUT2D eigenvalue weighted by Gasteiger charge is 2.33. The van der Waals surface area contributed by atoms with Crippen LogP contribution in [0, 0.1) is 0 Å². The van der Waals surface area contributed by atoms with E-state index in [1.165, 1.54) is 6.08 Å². The molecule has 0 heterocycles. The van der Waals surface area contributed by atoms with Crippen LogP contribution < -0.4 is 11.1 Å².